The number of rotatable bonds is 10. The summed E-state index contributed by atoms with van der Waals surface area (Å²) in [5.41, 5.74) is 2.76. The molecule has 0 radical (unpaired) electrons. The minimum absolute atomic E-state index is 0.0257. The average molecular weight is 509 g/mol. The molecule has 1 N–H and O–H groups in total. The van der Waals surface area contributed by atoms with Gasteiger partial charge in [0.1, 0.15) is 5.56 Å². The molecule has 0 bridgehead atoms. The fourth-order valence-corrected chi connectivity index (χ4v) is 4.73. The molecule has 0 unspecified atom stereocenters. The maximum Gasteiger partial charge on any atom is 0.343 e. The topological polar surface area (TPSA) is 104 Å². The van der Waals surface area contributed by atoms with Gasteiger partial charge in [0.05, 0.1) is 41.9 Å². The van der Waals surface area contributed by atoms with E-state index in [1.807, 2.05) is 36.7 Å². The van der Waals surface area contributed by atoms with Crippen molar-refractivity contribution in [2.24, 2.45) is 0 Å². The number of fused-ring (bicyclic) bond motifs is 1. The van der Waals surface area contributed by atoms with Crippen molar-refractivity contribution in [1.82, 2.24) is 14.3 Å². The molecule has 1 amide bonds. The van der Waals surface area contributed by atoms with E-state index >= 15 is 0 Å². The predicted molar refractivity (Wildman–Crippen MR) is 139 cm³/mol. The van der Waals surface area contributed by atoms with E-state index in [4.69, 9.17) is 9.47 Å². The molecule has 0 aliphatic carbocycles. The second-order valence-electron chi connectivity index (χ2n) is 8.17. The molecule has 0 aliphatic rings. The number of aromatic nitrogens is 3. The van der Waals surface area contributed by atoms with Gasteiger partial charge in [-0.25, -0.2) is 9.48 Å². The highest BCUT2D eigenvalue weighted by atomic mass is 32.1. The van der Waals surface area contributed by atoms with Crippen LogP contribution in [0.2, 0.25) is 0 Å². The number of carbonyl (C=O) groups excluding carboxylic acids is 2. The molecule has 3 aromatic heterocycles. The zero-order chi connectivity index (χ0) is 25.7. The van der Waals surface area contributed by atoms with E-state index in [-0.39, 0.29) is 35.9 Å². The number of hydrogen-bond acceptors (Lipinski definition) is 7. The monoisotopic (exact) mass is 508 g/mol. The van der Waals surface area contributed by atoms with Crippen LogP contribution in [0.5, 0.6) is 5.75 Å². The van der Waals surface area contributed by atoms with Crippen molar-refractivity contribution in [3.8, 4) is 11.4 Å². The predicted octanol–water partition coefficient (Wildman–Crippen LogP) is 4.61. The van der Waals surface area contributed by atoms with Gasteiger partial charge in [-0.1, -0.05) is 13.3 Å². The molecule has 4 aromatic rings. The van der Waals surface area contributed by atoms with Crippen LogP contribution < -0.4 is 15.6 Å². The SMILES string of the molecule is CCCCOc1c(C(=O)OCC)c2sccc2n(Cc2cnn(-c3ccc(NC(C)=O)cc3)c2)c1=O. The van der Waals surface area contributed by atoms with Crippen molar-refractivity contribution in [2.75, 3.05) is 18.5 Å². The third-order valence-electron chi connectivity index (χ3n) is 5.48. The quantitative estimate of drug-likeness (QED) is 0.248. The molecule has 188 valence electrons. The van der Waals surface area contributed by atoms with E-state index in [0.29, 0.717) is 22.5 Å². The van der Waals surface area contributed by atoms with E-state index < -0.39 is 5.97 Å². The number of benzene rings is 1. The van der Waals surface area contributed by atoms with Crippen LogP contribution in [-0.4, -0.2) is 39.4 Å². The number of hydrogen-bond donors (Lipinski definition) is 1. The molecule has 0 atom stereocenters. The number of esters is 1. The lowest BCUT2D eigenvalue weighted by molar-refractivity contribution is -0.114. The highest BCUT2D eigenvalue weighted by Gasteiger charge is 2.25. The number of nitrogens with one attached hydrogen (secondary N) is 1. The summed E-state index contributed by atoms with van der Waals surface area (Å²) in [6.07, 6.45) is 5.20. The van der Waals surface area contributed by atoms with Gasteiger partial charge in [-0.15, -0.1) is 11.3 Å². The van der Waals surface area contributed by atoms with Crippen molar-refractivity contribution in [3.05, 3.63) is 69.6 Å². The van der Waals surface area contributed by atoms with Crippen molar-refractivity contribution in [1.29, 1.82) is 0 Å². The molecule has 0 saturated carbocycles. The highest BCUT2D eigenvalue weighted by molar-refractivity contribution is 7.17. The number of amides is 1. The van der Waals surface area contributed by atoms with Crippen LogP contribution in [0.25, 0.3) is 15.9 Å². The van der Waals surface area contributed by atoms with Crippen LogP contribution in [0.3, 0.4) is 0 Å². The molecular weight excluding hydrogens is 480 g/mol. The van der Waals surface area contributed by atoms with Gasteiger partial charge in [0.25, 0.3) is 5.56 Å². The number of unbranched alkanes of at least 4 members (excludes halogenated alkanes) is 1. The van der Waals surface area contributed by atoms with E-state index in [9.17, 15) is 14.4 Å². The molecule has 1 aromatic carbocycles. The molecule has 0 fully saturated rings. The minimum atomic E-state index is -0.559. The molecule has 0 saturated heterocycles. The summed E-state index contributed by atoms with van der Waals surface area (Å²) in [5, 5.41) is 9.02. The first-order valence-electron chi connectivity index (χ1n) is 11.8. The fraction of sp³-hybridized carbons (Fsp3) is 0.308. The van der Waals surface area contributed by atoms with E-state index in [2.05, 4.69) is 10.4 Å². The van der Waals surface area contributed by atoms with E-state index in [1.54, 1.807) is 34.5 Å². The van der Waals surface area contributed by atoms with Crippen molar-refractivity contribution in [2.45, 2.75) is 40.2 Å². The summed E-state index contributed by atoms with van der Waals surface area (Å²) in [6, 6.07) is 9.11. The normalized spacial score (nSPS) is 11.0. The van der Waals surface area contributed by atoms with Crippen LogP contribution in [0.4, 0.5) is 5.69 Å². The lowest BCUT2D eigenvalue weighted by Gasteiger charge is -2.15. The zero-order valence-electron chi connectivity index (χ0n) is 20.4. The second kappa shape index (κ2) is 11.2. The standard InChI is InChI=1S/C26H28N4O5S/c1-4-6-12-35-23-22(26(33)34-5-2)24-21(11-13-36-24)29(25(23)32)15-18-14-27-30(16-18)20-9-7-19(8-10-20)28-17(3)31/h7-11,13-14,16H,4-6,12,15H2,1-3H3,(H,28,31). The summed E-state index contributed by atoms with van der Waals surface area (Å²) in [4.78, 5) is 37.6. The Balaban J connectivity index is 1.70. The van der Waals surface area contributed by atoms with Crippen molar-refractivity contribution >= 4 is 39.1 Å². The summed E-state index contributed by atoms with van der Waals surface area (Å²) in [6.45, 7) is 6.01. The number of pyridine rings is 1. The average Bonchev–Trinajstić information content (AvgIpc) is 3.52. The number of thiophene rings is 1. The molecule has 0 aliphatic heterocycles. The number of carbonyl (C=O) groups is 2. The molecule has 36 heavy (non-hydrogen) atoms. The third-order valence-corrected chi connectivity index (χ3v) is 6.40. The van der Waals surface area contributed by atoms with Gasteiger partial charge in [-0.3, -0.25) is 14.2 Å². The lowest BCUT2D eigenvalue weighted by Crippen LogP contribution is -2.26. The van der Waals surface area contributed by atoms with Gasteiger partial charge in [-0.05, 0) is 49.1 Å². The van der Waals surface area contributed by atoms with Gasteiger partial charge in [-0.2, -0.15) is 5.10 Å². The Bertz CT molecular complexity index is 1440. The van der Waals surface area contributed by atoms with Crippen LogP contribution >= 0.6 is 11.3 Å². The molecular formula is C26H28N4O5S. The highest BCUT2D eigenvalue weighted by Crippen LogP contribution is 2.31. The number of anilines is 1. The largest absolute Gasteiger partial charge is 0.487 e. The first kappa shape index (κ1) is 25.2. The Hall–Kier alpha value is -3.92. The maximum absolute atomic E-state index is 13.6. The van der Waals surface area contributed by atoms with Crippen LogP contribution in [-0.2, 0) is 16.1 Å². The minimum Gasteiger partial charge on any atom is -0.487 e. The molecule has 3 heterocycles. The van der Waals surface area contributed by atoms with Gasteiger partial charge in [0.2, 0.25) is 11.7 Å². The van der Waals surface area contributed by atoms with Crippen molar-refractivity contribution in [3.63, 3.8) is 0 Å². The Kier molecular flexibility index (Phi) is 7.84. The number of ether oxygens (including phenoxy) is 2. The molecule has 9 nitrogen and oxygen atoms in total. The van der Waals surface area contributed by atoms with Gasteiger partial charge < -0.3 is 14.8 Å². The first-order valence-corrected chi connectivity index (χ1v) is 12.7. The molecule has 10 heteroatoms. The Morgan fingerprint density at radius 2 is 1.92 bits per heavy atom. The van der Waals surface area contributed by atoms with Gasteiger partial charge in [0, 0.05) is 24.4 Å². The van der Waals surface area contributed by atoms with Crippen molar-refractivity contribution < 1.29 is 19.1 Å². The smallest absolute Gasteiger partial charge is 0.343 e. The molecule has 0 spiro atoms. The van der Waals surface area contributed by atoms with Gasteiger partial charge in [0.15, 0.2) is 0 Å². The van der Waals surface area contributed by atoms with Crippen LogP contribution in [0, 0.1) is 0 Å². The van der Waals surface area contributed by atoms with E-state index in [0.717, 1.165) is 24.1 Å². The zero-order valence-corrected chi connectivity index (χ0v) is 21.3. The third kappa shape index (κ3) is 5.33. The Labute approximate surface area is 212 Å². The van der Waals surface area contributed by atoms with Crippen LogP contribution in [0.1, 0.15) is 49.5 Å². The number of nitrogens with zero attached hydrogens (tertiary/aromatic N) is 3. The van der Waals surface area contributed by atoms with E-state index in [1.165, 1.54) is 18.3 Å². The van der Waals surface area contributed by atoms with Gasteiger partial charge >= 0.3 is 5.97 Å². The molecule has 4 rings (SSSR count). The summed E-state index contributed by atoms with van der Waals surface area (Å²) in [5.74, 6) is -0.671. The fourth-order valence-electron chi connectivity index (χ4n) is 3.81. The summed E-state index contributed by atoms with van der Waals surface area (Å²) < 4.78 is 15.1. The summed E-state index contributed by atoms with van der Waals surface area (Å²) >= 11 is 1.37. The maximum atomic E-state index is 13.6. The Morgan fingerprint density at radius 3 is 2.61 bits per heavy atom. The second-order valence-corrected chi connectivity index (χ2v) is 9.09. The Morgan fingerprint density at radius 1 is 1.14 bits per heavy atom. The first-order chi connectivity index (χ1) is 17.4. The summed E-state index contributed by atoms with van der Waals surface area (Å²) in [7, 11) is 0. The van der Waals surface area contributed by atoms with Crippen LogP contribution in [0.15, 0.2) is 52.9 Å². The lowest BCUT2D eigenvalue weighted by atomic mass is 10.2.